The standard InChI is InChI=1S/C14H16N2/c1-2-9-4-3-5-11-12(15)8-13(10-6-7-10)16-14(9)11/h3-5,8,10H,2,6-7H2,1H3,(H2,15,16). The van der Waals surface area contributed by atoms with Crippen LogP contribution in [0.4, 0.5) is 5.69 Å². The van der Waals surface area contributed by atoms with Crippen LogP contribution in [0.5, 0.6) is 0 Å². The van der Waals surface area contributed by atoms with Gasteiger partial charge in [-0.05, 0) is 30.9 Å². The second-order valence-corrected chi connectivity index (χ2v) is 4.58. The number of fused-ring (bicyclic) bond motifs is 1. The van der Waals surface area contributed by atoms with Gasteiger partial charge in [0.15, 0.2) is 0 Å². The second kappa shape index (κ2) is 3.48. The molecule has 1 aliphatic rings. The highest BCUT2D eigenvalue weighted by Crippen LogP contribution is 2.40. The van der Waals surface area contributed by atoms with E-state index in [1.165, 1.54) is 24.1 Å². The summed E-state index contributed by atoms with van der Waals surface area (Å²) in [5.41, 5.74) is 10.6. The Morgan fingerprint density at radius 3 is 2.88 bits per heavy atom. The van der Waals surface area contributed by atoms with E-state index in [1.807, 2.05) is 0 Å². The van der Waals surface area contributed by atoms with Gasteiger partial charge < -0.3 is 5.73 Å². The first-order chi connectivity index (χ1) is 7.79. The number of aryl methyl sites for hydroxylation is 1. The molecule has 82 valence electrons. The van der Waals surface area contributed by atoms with Gasteiger partial charge in [0.05, 0.1) is 5.52 Å². The van der Waals surface area contributed by atoms with Crippen molar-refractivity contribution in [2.45, 2.75) is 32.1 Å². The Morgan fingerprint density at radius 2 is 2.19 bits per heavy atom. The van der Waals surface area contributed by atoms with Crippen LogP contribution in [0.3, 0.4) is 0 Å². The normalized spacial score (nSPS) is 15.6. The van der Waals surface area contributed by atoms with Gasteiger partial charge in [-0.15, -0.1) is 0 Å². The molecule has 16 heavy (non-hydrogen) atoms. The number of hydrogen-bond acceptors (Lipinski definition) is 2. The quantitative estimate of drug-likeness (QED) is 0.829. The first kappa shape index (κ1) is 9.64. The van der Waals surface area contributed by atoms with E-state index in [1.54, 1.807) is 0 Å². The van der Waals surface area contributed by atoms with Gasteiger partial charge in [-0.1, -0.05) is 25.1 Å². The molecule has 0 unspecified atom stereocenters. The summed E-state index contributed by atoms with van der Waals surface area (Å²) in [6.07, 6.45) is 3.55. The van der Waals surface area contributed by atoms with Crippen molar-refractivity contribution < 1.29 is 0 Å². The molecule has 0 atom stereocenters. The molecule has 0 amide bonds. The first-order valence-corrected chi connectivity index (χ1v) is 5.97. The number of para-hydroxylation sites is 1. The minimum Gasteiger partial charge on any atom is -0.398 e. The molecule has 2 nitrogen and oxygen atoms in total. The largest absolute Gasteiger partial charge is 0.398 e. The third-order valence-corrected chi connectivity index (χ3v) is 3.35. The van der Waals surface area contributed by atoms with Gasteiger partial charge in [0.1, 0.15) is 0 Å². The van der Waals surface area contributed by atoms with Crippen molar-refractivity contribution in [2.75, 3.05) is 5.73 Å². The van der Waals surface area contributed by atoms with Gasteiger partial charge in [0, 0.05) is 22.7 Å². The molecular formula is C14H16N2. The zero-order chi connectivity index (χ0) is 11.1. The van der Waals surface area contributed by atoms with Crippen LogP contribution < -0.4 is 5.73 Å². The summed E-state index contributed by atoms with van der Waals surface area (Å²) in [7, 11) is 0. The SMILES string of the molecule is CCc1cccc2c(N)cc(C3CC3)nc12. The Kier molecular flexibility index (Phi) is 2.10. The summed E-state index contributed by atoms with van der Waals surface area (Å²) in [5.74, 6) is 0.664. The van der Waals surface area contributed by atoms with Gasteiger partial charge >= 0.3 is 0 Å². The minimum atomic E-state index is 0.664. The summed E-state index contributed by atoms with van der Waals surface area (Å²) < 4.78 is 0. The van der Waals surface area contributed by atoms with Crippen molar-refractivity contribution >= 4 is 16.6 Å². The van der Waals surface area contributed by atoms with Crippen molar-refractivity contribution in [3.63, 3.8) is 0 Å². The molecule has 0 radical (unpaired) electrons. The second-order valence-electron chi connectivity index (χ2n) is 4.58. The molecule has 0 aliphatic heterocycles. The zero-order valence-corrected chi connectivity index (χ0v) is 9.53. The molecule has 1 aliphatic carbocycles. The minimum absolute atomic E-state index is 0.664. The number of anilines is 1. The maximum absolute atomic E-state index is 6.11. The van der Waals surface area contributed by atoms with Crippen molar-refractivity contribution in [1.29, 1.82) is 0 Å². The summed E-state index contributed by atoms with van der Waals surface area (Å²) in [6.45, 7) is 2.16. The Morgan fingerprint density at radius 1 is 1.38 bits per heavy atom. The number of nitrogens with zero attached hydrogens (tertiary/aromatic N) is 1. The van der Waals surface area contributed by atoms with E-state index in [0.717, 1.165) is 23.0 Å². The highest BCUT2D eigenvalue weighted by atomic mass is 14.7. The number of nitrogen functional groups attached to an aromatic ring is 1. The lowest BCUT2D eigenvalue weighted by atomic mass is 10.1. The fourth-order valence-electron chi connectivity index (χ4n) is 2.23. The number of hydrogen-bond donors (Lipinski definition) is 1. The number of rotatable bonds is 2. The van der Waals surface area contributed by atoms with Crippen molar-refractivity contribution in [1.82, 2.24) is 4.98 Å². The van der Waals surface area contributed by atoms with Crippen LogP contribution in [0.25, 0.3) is 10.9 Å². The Bertz CT molecular complexity index is 542. The fourth-order valence-corrected chi connectivity index (χ4v) is 2.23. The van der Waals surface area contributed by atoms with E-state index < -0.39 is 0 Å². The number of nitrogens with two attached hydrogens (primary N) is 1. The van der Waals surface area contributed by atoms with E-state index in [9.17, 15) is 0 Å². The van der Waals surface area contributed by atoms with E-state index >= 15 is 0 Å². The molecular weight excluding hydrogens is 196 g/mol. The van der Waals surface area contributed by atoms with Crippen LogP contribution in [-0.4, -0.2) is 4.98 Å². The van der Waals surface area contributed by atoms with Gasteiger partial charge in [-0.3, -0.25) is 4.98 Å². The monoisotopic (exact) mass is 212 g/mol. The lowest BCUT2D eigenvalue weighted by Gasteiger charge is -2.08. The smallest absolute Gasteiger partial charge is 0.0757 e. The maximum atomic E-state index is 6.11. The van der Waals surface area contributed by atoms with E-state index in [4.69, 9.17) is 10.7 Å². The summed E-state index contributed by atoms with van der Waals surface area (Å²) in [4.78, 5) is 4.79. The number of pyridine rings is 1. The fraction of sp³-hybridized carbons (Fsp3) is 0.357. The molecule has 3 rings (SSSR count). The van der Waals surface area contributed by atoms with Crippen molar-refractivity contribution in [3.05, 3.63) is 35.5 Å². The Hall–Kier alpha value is -1.57. The molecule has 0 bridgehead atoms. The molecule has 0 saturated heterocycles. The predicted octanol–water partition coefficient (Wildman–Crippen LogP) is 3.26. The van der Waals surface area contributed by atoms with E-state index in [-0.39, 0.29) is 0 Å². The van der Waals surface area contributed by atoms with Crippen LogP contribution in [0.1, 0.15) is 36.9 Å². The molecule has 1 fully saturated rings. The zero-order valence-electron chi connectivity index (χ0n) is 9.53. The highest BCUT2D eigenvalue weighted by Gasteiger charge is 2.25. The Labute approximate surface area is 95.5 Å². The van der Waals surface area contributed by atoms with Crippen molar-refractivity contribution in [3.8, 4) is 0 Å². The van der Waals surface area contributed by atoms with Crippen LogP contribution in [0.15, 0.2) is 24.3 Å². The third kappa shape index (κ3) is 1.45. The van der Waals surface area contributed by atoms with E-state index in [2.05, 4.69) is 31.2 Å². The predicted molar refractivity (Wildman–Crippen MR) is 67.5 cm³/mol. The van der Waals surface area contributed by atoms with Crippen LogP contribution >= 0.6 is 0 Å². The van der Waals surface area contributed by atoms with Gasteiger partial charge in [0.2, 0.25) is 0 Å². The first-order valence-electron chi connectivity index (χ1n) is 5.97. The van der Waals surface area contributed by atoms with Gasteiger partial charge in [0.25, 0.3) is 0 Å². The molecule has 2 aromatic rings. The van der Waals surface area contributed by atoms with Crippen LogP contribution in [0, 0.1) is 0 Å². The topological polar surface area (TPSA) is 38.9 Å². The number of aromatic nitrogens is 1. The van der Waals surface area contributed by atoms with Gasteiger partial charge in [-0.2, -0.15) is 0 Å². The summed E-state index contributed by atoms with van der Waals surface area (Å²) in [5, 5.41) is 1.10. The highest BCUT2D eigenvalue weighted by molar-refractivity contribution is 5.92. The molecule has 2 N–H and O–H groups in total. The summed E-state index contributed by atoms with van der Waals surface area (Å²) >= 11 is 0. The lowest BCUT2D eigenvalue weighted by Crippen LogP contribution is -1.97. The Balaban J connectivity index is 2.29. The molecule has 1 aromatic carbocycles. The molecule has 1 saturated carbocycles. The lowest BCUT2D eigenvalue weighted by molar-refractivity contribution is 1.03. The molecule has 1 heterocycles. The molecule has 0 spiro atoms. The molecule has 2 heteroatoms. The maximum Gasteiger partial charge on any atom is 0.0757 e. The van der Waals surface area contributed by atoms with Crippen molar-refractivity contribution in [2.24, 2.45) is 0 Å². The average Bonchev–Trinajstić information content (AvgIpc) is 3.12. The summed E-state index contributed by atoms with van der Waals surface area (Å²) in [6, 6.07) is 8.33. The van der Waals surface area contributed by atoms with Crippen LogP contribution in [0.2, 0.25) is 0 Å². The third-order valence-electron chi connectivity index (χ3n) is 3.35. The van der Waals surface area contributed by atoms with E-state index in [0.29, 0.717) is 5.92 Å². The van der Waals surface area contributed by atoms with Gasteiger partial charge in [-0.25, -0.2) is 0 Å². The molecule has 1 aromatic heterocycles. The average molecular weight is 212 g/mol. The van der Waals surface area contributed by atoms with Crippen LogP contribution in [-0.2, 0) is 6.42 Å². The number of benzene rings is 1.